The topological polar surface area (TPSA) is 85.8 Å². The van der Waals surface area contributed by atoms with Crippen molar-refractivity contribution in [2.75, 3.05) is 24.6 Å². The van der Waals surface area contributed by atoms with Gasteiger partial charge in [-0.2, -0.15) is 0 Å². The summed E-state index contributed by atoms with van der Waals surface area (Å²) in [4.78, 5) is 18.2. The van der Waals surface area contributed by atoms with Crippen LogP contribution in [0, 0.1) is 0 Å². The van der Waals surface area contributed by atoms with Gasteiger partial charge in [-0.25, -0.2) is 9.50 Å². The summed E-state index contributed by atoms with van der Waals surface area (Å²) < 4.78 is 7.53. The largest absolute Gasteiger partial charge is 0.371 e. The average molecular weight is 287 g/mol. The molecular formula is C14H17N5O2. The number of amides is 1. The van der Waals surface area contributed by atoms with Gasteiger partial charge in [-0.05, 0) is 25.3 Å². The zero-order valence-electron chi connectivity index (χ0n) is 11.7. The van der Waals surface area contributed by atoms with Gasteiger partial charge < -0.3 is 15.4 Å². The van der Waals surface area contributed by atoms with E-state index in [0.29, 0.717) is 30.2 Å². The number of anilines is 1. The van der Waals surface area contributed by atoms with Gasteiger partial charge in [0, 0.05) is 25.5 Å². The van der Waals surface area contributed by atoms with E-state index in [0.717, 1.165) is 19.4 Å². The van der Waals surface area contributed by atoms with Crippen molar-refractivity contribution in [3.05, 3.63) is 24.0 Å². The third-order valence-electron chi connectivity index (χ3n) is 4.44. The fraction of sp³-hybridized carbons (Fsp3) is 0.500. The second kappa shape index (κ2) is 4.42. The molecule has 2 aromatic rings. The molecule has 110 valence electrons. The van der Waals surface area contributed by atoms with Crippen LogP contribution in [-0.4, -0.2) is 45.8 Å². The molecule has 1 aliphatic heterocycles. The van der Waals surface area contributed by atoms with E-state index >= 15 is 0 Å². The van der Waals surface area contributed by atoms with Gasteiger partial charge in [0.05, 0.1) is 12.2 Å². The molecule has 4 rings (SSSR count). The van der Waals surface area contributed by atoms with E-state index in [2.05, 4.69) is 15.0 Å². The molecule has 0 unspecified atom stereocenters. The highest BCUT2D eigenvalue weighted by Crippen LogP contribution is 2.39. The summed E-state index contributed by atoms with van der Waals surface area (Å²) in [6.45, 7) is 2.13. The highest BCUT2D eigenvalue weighted by atomic mass is 16.5. The Morgan fingerprint density at radius 2 is 2.29 bits per heavy atom. The molecule has 2 aromatic heterocycles. The lowest BCUT2D eigenvalue weighted by molar-refractivity contribution is -0.106. The maximum atomic E-state index is 11.9. The fourth-order valence-corrected chi connectivity index (χ4v) is 3.22. The number of aromatic nitrogens is 3. The van der Waals surface area contributed by atoms with Crippen LogP contribution in [0.1, 0.15) is 29.6 Å². The Balaban J connectivity index is 1.78. The van der Waals surface area contributed by atoms with Crippen LogP contribution in [0.4, 0.5) is 5.82 Å². The Morgan fingerprint density at radius 3 is 3.00 bits per heavy atom. The fourth-order valence-electron chi connectivity index (χ4n) is 3.22. The lowest BCUT2D eigenvalue weighted by Crippen LogP contribution is -2.56. The van der Waals surface area contributed by atoms with E-state index < -0.39 is 5.91 Å². The number of hydrogen-bond acceptors (Lipinski definition) is 5. The lowest BCUT2D eigenvalue weighted by Gasteiger charge is -2.48. The zero-order chi connectivity index (χ0) is 14.4. The standard InChI is InChI=1S/C14H17N5O2/c15-11(20)10-12-16-5-2-6-19(12)17-13(10)18-7-8-21-14(9-18)3-1-4-14/h2,5-6H,1,3-4,7-9H2,(H2,15,20). The number of primary amides is 1. The molecule has 2 aliphatic rings. The first-order chi connectivity index (χ1) is 10.2. The summed E-state index contributed by atoms with van der Waals surface area (Å²) in [5.74, 6) is 0.128. The third-order valence-corrected chi connectivity index (χ3v) is 4.44. The maximum Gasteiger partial charge on any atom is 0.256 e. The Morgan fingerprint density at radius 1 is 1.43 bits per heavy atom. The number of hydrogen-bond donors (Lipinski definition) is 1. The number of morpholine rings is 1. The molecule has 3 heterocycles. The Labute approximate surface area is 121 Å². The second-order valence-corrected chi connectivity index (χ2v) is 5.76. The molecule has 1 amide bonds. The van der Waals surface area contributed by atoms with Gasteiger partial charge in [0.2, 0.25) is 0 Å². The third kappa shape index (κ3) is 1.88. The molecule has 1 saturated carbocycles. The average Bonchev–Trinajstić information content (AvgIpc) is 2.85. The SMILES string of the molecule is NC(=O)c1c(N2CCOC3(CCC3)C2)nn2cccnc12. The normalized spacial score (nSPS) is 20.7. The molecule has 7 heteroatoms. The van der Waals surface area contributed by atoms with E-state index in [1.165, 1.54) is 6.42 Å². The van der Waals surface area contributed by atoms with Gasteiger partial charge in [0.1, 0.15) is 5.56 Å². The monoisotopic (exact) mass is 287 g/mol. The van der Waals surface area contributed by atoms with Crippen molar-refractivity contribution in [2.24, 2.45) is 5.73 Å². The summed E-state index contributed by atoms with van der Waals surface area (Å²) in [6.07, 6.45) is 6.75. The summed E-state index contributed by atoms with van der Waals surface area (Å²) in [5.41, 5.74) is 6.40. The highest BCUT2D eigenvalue weighted by Gasteiger charge is 2.43. The number of carbonyl (C=O) groups excluding carboxylic acids is 1. The van der Waals surface area contributed by atoms with Crippen molar-refractivity contribution >= 4 is 17.4 Å². The Bertz CT molecular complexity index is 706. The van der Waals surface area contributed by atoms with E-state index in [1.807, 2.05) is 0 Å². The molecule has 2 N–H and O–H groups in total. The molecule has 0 radical (unpaired) electrons. The minimum atomic E-state index is -0.493. The molecule has 0 aromatic carbocycles. The lowest BCUT2D eigenvalue weighted by atomic mass is 9.79. The molecule has 1 spiro atoms. The van der Waals surface area contributed by atoms with Crippen LogP contribution in [0.3, 0.4) is 0 Å². The number of fused-ring (bicyclic) bond motifs is 1. The highest BCUT2D eigenvalue weighted by molar-refractivity contribution is 6.03. The summed E-state index contributed by atoms with van der Waals surface area (Å²) in [7, 11) is 0. The number of rotatable bonds is 2. The van der Waals surface area contributed by atoms with Crippen molar-refractivity contribution in [1.29, 1.82) is 0 Å². The molecular weight excluding hydrogens is 270 g/mol. The van der Waals surface area contributed by atoms with Crippen molar-refractivity contribution in [3.63, 3.8) is 0 Å². The first-order valence-corrected chi connectivity index (χ1v) is 7.21. The minimum Gasteiger partial charge on any atom is -0.371 e. The Kier molecular flexibility index (Phi) is 2.65. The van der Waals surface area contributed by atoms with E-state index in [4.69, 9.17) is 10.5 Å². The quantitative estimate of drug-likeness (QED) is 0.873. The minimum absolute atomic E-state index is 0.0591. The summed E-state index contributed by atoms with van der Waals surface area (Å²) in [6, 6.07) is 1.78. The van der Waals surface area contributed by atoms with E-state index in [-0.39, 0.29) is 5.60 Å². The number of ether oxygens (including phenoxy) is 1. The van der Waals surface area contributed by atoms with Gasteiger partial charge >= 0.3 is 0 Å². The Hall–Kier alpha value is -2.15. The molecule has 1 saturated heterocycles. The van der Waals surface area contributed by atoms with E-state index in [9.17, 15) is 4.79 Å². The molecule has 2 fully saturated rings. The van der Waals surface area contributed by atoms with Crippen LogP contribution < -0.4 is 10.6 Å². The van der Waals surface area contributed by atoms with Crippen molar-refractivity contribution in [1.82, 2.24) is 14.6 Å². The van der Waals surface area contributed by atoms with Crippen LogP contribution in [0.2, 0.25) is 0 Å². The van der Waals surface area contributed by atoms with Gasteiger partial charge in [-0.3, -0.25) is 4.79 Å². The smallest absolute Gasteiger partial charge is 0.256 e. The van der Waals surface area contributed by atoms with Crippen LogP contribution >= 0.6 is 0 Å². The number of nitrogens with two attached hydrogens (primary N) is 1. The second-order valence-electron chi connectivity index (χ2n) is 5.76. The number of carbonyl (C=O) groups is 1. The summed E-state index contributed by atoms with van der Waals surface area (Å²) >= 11 is 0. The van der Waals surface area contributed by atoms with Crippen LogP contribution in [0.25, 0.3) is 5.65 Å². The van der Waals surface area contributed by atoms with Gasteiger partial charge in [-0.15, -0.1) is 5.10 Å². The molecule has 0 atom stereocenters. The van der Waals surface area contributed by atoms with Crippen LogP contribution in [0.5, 0.6) is 0 Å². The number of nitrogens with zero attached hydrogens (tertiary/aromatic N) is 4. The zero-order valence-corrected chi connectivity index (χ0v) is 11.7. The van der Waals surface area contributed by atoms with Crippen LogP contribution in [-0.2, 0) is 4.74 Å². The van der Waals surface area contributed by atoms with Crippen molar-refractivity contribution in [3.8, 4) is 0 Å². The summed E-state index contributed by atoms with van der Waals surface area (Å²) in [5, 5.41) is 4.51. The van der Waals surface area contributed by atoms with Crippen LogP contribution in [0.15, 0.2) is 18.5 Å². The van der Waals surface area contributed by atoms with Gasteiger partial charge in [-0.1, -0.05) is 0 Å². The first kappa shape index (κ1) is 12.6. The van der Waals surface area contributed by atoms with E-state index in [1.54, 1.807) is 23.0 Å². The molecule has 1 aliphatic carbocycles. The maximum absolute atomic E-state index is 11.9. The van der Waals surface area contributed by atoms with Crippen molar-refractivity contribution < 1.29 is 9.53 Å². The molecule has 0 bridgehead atoms. The van der Waals surface area contributed by atoms with Gasteiger partial charge in [0.25, 0.3) is 5.91 Å². The van der Waals surface area contributed by atoms with Gasteiger partial charge in [0.15, 0.2) is 11.5 Å². The predicted molar refractivity (Wildman–Crippen MR) is 76.3 cm³/mol. The molecule has 21 heavy (non-hydrogen) atoms. The first-order valence-electron chi connectivity index (χ1n) is 7.21. The molecule has 7 nitrogen and oxygen atoms in total. The van der Waals surface area contributed by atoms with Crippen molar-refractivity contribution in [2.45, 2.75) is 24.9 Å². The predicted octanol–water partition coefficient (Wildman–Crippen LogP) is 0.587.